The van der Waals surface area contributed by atoms with Crippen LogP contribution in [0, 0.1) is 35.5 Å². The van der Waals surface area contributed by atoms with Crippen LogP contribution in [0.3, 0.4) is 0 Å². The lowest BCUT2D eigenvalue weighted by molar-refractivity contribution is -0.147. The van der Waals surface area contributed by atoms with Crippen molar-refractivity contribution >= 4 is 80.7 Å². The standard InChI is InChI=1S/C18H29N3O5.2C18H33N3O3P2.C6H14N2O2/c1-3-5-9-19-16(22)14-12-7-8-13(26-12)15(14)17(23)20-10-6-11-21-18(24)25-4-2;1-4-6-10-21-14(26-25-3)11-13-16(18(21)23)15(12(5-2)24-13)17(22)20-9-7-8-19;1-4-6-9-20-17(22)15-12(5-2)24-13-11-14(26(3)25)21(10-7-8-19)18(23)16(13)15;1-2-10-6(9)8-5-3-4-7/h7-8,12-15H,3-6,9-11H2,1-2H3,(H,19,22)(H,20,23)(H,21,24);5,12-16,25-26H,2,4,6-11,19H2,1,3H3,(H,20,22);5,12-16H,2,4,6-11,19,25H2,1,3H3,(H,20,22);2-5,7H2,1H3,(H,8,9)/t12?,13?,14-,15+;12-,13+,14?,15?,16+;12-,13+,14?,15?,16+,26?;/m100./s1. The van der Waals surface area contributed by atoms with Gasteiger partial charge in [-0.1, -0.05) is 80.2 Å². The largest absolute Gasteiger partial charge is 0.450 e. The van der Waals surface area contributed by atoms with Gasteiger partial charge < -0.3 is 82.6 Å². The first-order valence-electron chi connectivity index (χ1n) is 31.9. The van der Waals surface area contributed by atoms with E-state index in [1.54, 1.807) is 26.0 Å². The van der Waals surface area contributed by atoms with Crippen LogP contribution < -0.4 is 49.1 Å². The van der Waals surface area contributed by atoms with Crippen molar-refractivity contribution in [3.8, 4) is 0 Å². The quantitative estimate of drug-likeness (QED) is 0.0246. The Bertz CT molecular complexity index is 2210. The van der Waals surface area contributed by atoms with Gasteiger partial charge in [0.15, 0.2) is 0 Å². The number of rotatable bonds is 33. The molecule has 8 amide bonds. The molecular weight excluding hydrogens is 1210 g/mol. The molecular formula is C60H109N11O13P4. The smallest absolute Gasteiger partial charge is 0.407 e. The zero-order valence-corrected chi connectivity index (χ0v) is 57.5. The van der Waals surface area contributed by atoms with Crippen molar-refractivity contribution in [2.24, 2.45) is 52.7 Å². The summed E-state index contributed by atoms with van der Waals surface area (Å²) in [5, 5.41) is 16.8. The second kappa shape index (κ2) is 43.8. The number of ether oxygens (including phenoxy) is 5. The van der Waals surface area contributed by atoms with E-state index in [1.807, 2.05) is 22.0 Å². The number of unbranched alkanes of at least 4 members (excludes halogenated alkanes) is 3. The molecule has 0 saturated carbocycles. The number of alkyl carbamates (subject to hydrolysis) is 2. The summed E-state index contributed by atoms with van der Waals surface area (Å²) in [5.74, 6) is -2.77. The van der Waals surface area contributed by atoms with Gasteiger partial charge in [-0.25, -0.2) is 9.59 Å². The molecule has 5 saturated heterocycles. The minimum absolute atomic E-state index is 0.0384. The van der Waals surface area contributed by atoms with Gasteiger partial charge in [0, 0.05) is 52.4 Å². The van der Waals surface area contributed by atoms with E-state index in [2.05, 4.69) is 92.8 Å². The number of hydrogen-bond donors (Lipinski definition) is 9. The molecule has 0 aromatic heterocycles. The molecule has 502 valence electrons. The molecule has 2 bridgehead atoms. The third-order valence-corrected chi connectivity index (χ3v) is 21.4. The van der Waals surface area contributed by atoms with Crippen LogP contribution >= 0.6 is 33.1 Å². The van der Waals surface area contributed by atoms with Crippen molar-refractivity contribution < 1.29 is 62.0 Å². The molecule has 5 fully saturated rings. The first kappa shape index (κ1) is 78.3. The summed E-state index contributed by atoms with van der Waals surface area (Å²) in [6.07, 6.45) is 14.7. The number of nitrogens with one attached hydrogen (secondary N) is 6. The molecule has 28 heteroatoms. The van der Waals surface area contributed by atoms with Crippen molar-refractivity contribution in [2.45, 2.75) is 160 Å². The highest BCUT2D eigenvalue weighted by Gasteiger charge is 2.58. The number of amides is 8. The maximum absolute atomic E-state index is 13.3. The molecule has 6 rings (SSSR count). The van der Waals surface area contributed by atoms with Crippen LogP contribution in [-0.4, -0.2) is 204 Å². The van der Waals surface area contributed by atoms with Gasteiger partial charge in [0.05, 0.1) is 96.9 Å². The van der Waals surface area contributed by atoms with Crippen LogP contribution in [0.5, 0.6) is 0 Å². The number of carbonyl (C=O) groups excluding carboxylic acids is 8. The number of fused-ring (bicyclic) bond motifs is 4. The van der Waals surface area contributed by atoms with E-state index in [1.165, 1.54) is 0 Å². The second-order valence-electron chi connectivity index (χ2n) is 22.2. The van der Waals surface area contributed by atoms with Gasteiger partial charge in [-0.05, 0) is 105 Å². The van der Waals surface area contributed by atoms with Crippen LogP contribution in [-0.2, 0) is 52.5 Å². The summed E-state index contributed by atoms with van der Waals surface area (Å²) >= 11 is 0. The average Bonchev–Trinajstić information content (AvgIpc) is 2.72. The van der Waals surface area contributed by atoms with Crippen LogP contribution in [0.4, 0.5) is 9.59 Å². The Morgan fingerprint density at radius 2 is 0.989 bits per heavy atom. The fourth-order valence-electron chi connectivity index (χ4n) is 11.5. The normalized spacial score (nSPS) is 27.6. The van der Waals surface area contributed by atoms with E-state index in [-0.39, 0.29) is 77.5 Å². The molecule has 6 aliphatic heterocycles. The van der Waals surface area contributed by atoms with Gasteiger partial charge in [-0.15, -0.1) is 30.4 Å². The topological polar surface area (TPSA) is 339 Å². The minimum Gasteiger partial charge on any atom is -0.450 e. The maximum atomic E-state index is 13.3. The summed E-state index contributed by atoms with van der Waals surface area (Å²) in [6, 6.07) is 0. The zero-order chi connectivity index (χ0) is 65.1. The van der Waals surface area contributed by atoms with Crippen LogP contribution in [0.15, 0.2) is 37.5 Å². The monoisotopic (exact) mass is 1320 g/mol. The Morgan fingerprint density at radius 1 is 0.591 bits per heavy atom. The highest BCUT2D eigenvalue weighted by Crippen LogP contribution is 2.54. The van der Waals surface area contributed by atoms with E-state index in [0.717, 1.165) is 93.7 Å². The van der Waals surface area contributed by atoms with Crippen molar-refractivity contribution in [2.75, 3.05) is 98.5 Å². The van der Waals surface area contributed by atoms with Gasteiger partial charge in [-0.2, -0.15) is 0 Å². The van der Waals surface area contributed by atoms with Crippen molar-refractivity contribution in [3.05, 3.63) is 37.5 Å². The fourth-order valence-corrected chi connectivity index (χ4v) is 16.5. The molecule has 88 heavy (non-hydrogen) atoms. The Hall–Kier alpha value is -3.94. The molecule has 10 unspecified atom stereocenters. The fraction of sp³-hybridized carbons (Fsp3) is 0.767. The van der Waals surface area contributed by atoms with Crippen molar-refractivity contribution in [3.63, 3.8) is 0 Å². The molecule has 0 aliphatic carbocycles. The molecule has 12 N–H and O–H groups in total. The number of likely N-dealkylation sites (tertiary alicyclic amines) is 2. The van der Waals surface area contributed by atoms with Gasteiger partial charge >= 0.3 is 12.2 Å². The van der Waals surface area contributed by atoms with Gasteiger partial charge in [0.25, 0.3) is 0 Å². The van der Waals surface area contributed by atoms with Gasteiger partial charge in [-0.3, -0.25) is 28.8 Å². The van der Waals surface area contributed by atoms with Crippen LogP contribution in [0.25, 0.3) is 0 Å². The number of carbonyl (C=O) groups is 8. The first-order valence-corrected chi connectivity index (χ1v) is 38.9. The lowest BCUT2D eigenvalue weighted by Gasteiger charge is -2.43. The highest BCUT2D eigenvalue weighted by molar-refractivity contribution is 8.13. The van der Waals surface area contributed by atoms with E-state index in [4.69, 9.17) is 36.1 Å². The minimum atomic E-state index is -0.510. The SMILES string of the molecule is C=C[C@@H]1O[C@@H]2CC(P(C)P)N(CCCN)C(=O)[C@H]2C1C(=O)NCCCC.C=C[C@@H]1O[C@@H]2CC(PPC)N(CCCC)C(=O)[C@H]2C1C(=O)NCCCN.CCCCNC(=O)[C@@H]1C2C=CC(O2)[C@@H]1C(=O)NCCCNC(=O)OCC.CCOC(=O)NCCCN. The van der Waals surface area contributed by atoms with E-state index < -0.39 is 61.4 Å². The van der Waals surface area contributed by atoms with E-state index in [9.17, 15) is 38.4 Å². The summed E-state index contributed by atoms with van der Waals surface area (Å²) in [4.78, 5) is 103. The van der Waals surface area contributed by atoms with Crippen molar-refractivity contribution in [1.82, 2.24) is 41.7 Å². The number of nitrogens with zero attached hydrogens (tertiary/aromatic N) is 2. The second-order valence-corrected chi connectivity index (χ2v) is 30.4. The van der Waals surface area contributed by atoms with Crippen molar-refractivity contribution in [1.29, 1.82) is 0 Å². The van der Waals surface area contributed by atoms with E-state index in [0.29, 0.717) is 85.1 Å². The Balaban J connectivity index is 0.000000320. The molecule has 6 heterocycles. The Labute approximate surface area is 530 Å². The summed E-state index contributed by atoms with van der Waals surface area (Å²) < 4.78 is 27.3. The zero-order valence-electron chi connectivity index (χ0n) is 53.4. The molecule has 0 aromatic carbocycles. The van der Waals surface area contributed by atoms with Gasteiger partial charge in [0.2, 0.25) is 35.4 Å². The lowest BCUT2D eigenvalue weighted by Crippen LogP contribution is -2.54. The maximum Gasteiger partial charge on any atom is 0.407 e. The van der Waals surface area contributed by atoms with Gasteiger partial charge in [0.1, 0.15) is 0 Å². The Kier molecular flexibility index (Phi) is 38.9. The third kappa shape index (κ3) is 23.9. The summed E-state index contributed by atoms with van der Waals surface area (Å²) in [5.41, 5.74) is 16.4. The molecule has 0 spiro atoms. The molecule has 6 aliphatic rings. The lowest BCUT2D eigenvalue weighted by atomic mass is 9.81. The Morgan fingerprint density at radius 3 is 1.41 bits per heavy atom. The molecule has 0 aromatic rings. The third-order valence-electron chi connectivity index (χ3n) is 15.9. The predicted octanol–water partition coefficient (Wildman–Crippen LogP) is 4.60. The molecule has 18 atom stereocenters. The summed E-state index contributed by atoms with van der Waals surface area (Å²) in [6.45, 7) is 28.8. The van der Waals surface area contributed by atoms with Crippen LogP contribution in [0.2, 0.25) is 0 Å². The molecule has 0 radical (unpaired) electrons. The van der Waals surface area contributed by atoms with E-state index >= 15 is 0 Å². The first-order chi connectivity index (χ1) is 42.4. The molecule has 24 nitrogen and oxygen atoms in total. The summed E-state index contributed by atoms with van der Waals surface area (Å²) in [7, 11) is 4.01. The number of piperidine rings is 2. The van der Waals surface area contributed by atoms with Crippen LogP contribution in [0.1, 0.15) is 112 Å². The predicted molar refractivity (Wildman–Crippen MR) is 354 cm³/mol. The number of hydrogen-bond acceptors (Lipinski definition) is 16. The highest BCUT2D eigenvalue weighted by atomic mass is 32.0. The average molecular weight is 1320 g/mol. The number of nitrogens with two attached hydrogens (primary N) is 3.